The average Bonchev–Trinajstić information content (AvgIpc) is 3.34. The van der Waals surface area contributed by atoms with Gasteiger partial charge in [-0.2, -0.15) is 0 Å². The van der Waals surface area contributed by atoms with Gasteiger partial charge in [-0.15, -0.1) is 11.3 Å². The quantitative estimate of drug-likeness (QED) is 0.847. The minimum absolute atomic E-state index is 0.111. The first-order valence-electron chi connectivity index (χ1n) is 9.71. The van der Waals surface area contributed by atoms with Crippen molar-refractivity contribution < 1.29 is 14.5 Å². The average molecular weight is 385 g/mol. The van der Waals surface area contributed by atoms with Crippen LogP contribution < -0.4 is 4.90 Å². The third-order valence-electron chi connectivity index (χ3n) is 5.48. The molecule has 0 saturated carbocycles. The maximum absolute atomic E-state index is 12.9. The smallest absolute Gasteiger partial charge is 0.254 e. The molecule has 0 bridgehead atoms. The van der Waals surface area contributed by atoms with E-state index in [0.717, 1.165) is 56.8 Å². The zero-order valence-electron chi connectivity index (χ0n) is 15.5. The Balaban J connectivity index is 1.34. The van der Waals surface area contributed by atoms with Crippen LogP contribution in [0, 0.1) is 0 Å². The lowest BCUT2D eigenvalue weighted by Gasteiger charge is -2.32. The number of piperazine rings is 1. The van der Waals surface area contributed by atoms with Crippen molar-refractivity contribution in [3.05, 3.63) is 57.8 Å². The van der Waals surface area contributed by atoms with Crippen LogP contribution in [-0.4, -0.2) is 54.3 Å². The Labute approximate surface area is 164 Å². The highest BCUT2D eigenvalue weighted by Gasteiger charge is 2.25. The molecule has 2 aromatic rings. The van der Waals surface area contributed by atoms with Crippen LogP contribution in [0.2, 0.25) is 0 Å². The monoisotopic (exact) mass is 384 g/mol. The van der Waals surface area contributed by atoms with E-state index in [1.807, 2.05) is 34.1 Å². The number of likely N-dealkylation sites (tertiary alicyclic amines) is 1. The van der Waals surface area contributed by atoms with Gasteiger partial charge in [-0.1, -0.05) is 18.2 Å². The van der Waals surface area contributed by atoms with E-state index in [0.29, 0.717) is 13.0 Å². The lowest BCUT2D eigenvalue weighted by atomic mass is 10.1. The fraction of sp³-hybridized carbons (Fsp3) is 0.429. The van der Waals surface area contributed by atoms with Crippen LogP contribution in [0.5, 0.6) is 0 Å². The first-order chi connectivity index (χ1) is 13.2. The second-order valence-corrected chi connectivity index (χ2v) is 8.45. The molecule has 0 aliphatic carbocycles. The lowest BCUT2D eigenvalue weighted by molar-refractivity contribution is -0.917. The molecule has 2 aliphatic heterocycles. The molecule has 0 atom stereocenters. The summed E-state index contributed by atoms with van der Waals surface area (Å²) in [6.45, 7) is 6.07. The van der Waals surface area contributed by atoms with Gasteiger partial charge < -0.3 is 14.7 Å². The van der Waals surface area contributed by atoms with Gasteiger partial charge in [0.2, 0.25) is 5.91 Å². The van der Waals surface area contributed by atoms with Gasteiger partial charge >= 0.3 is 0 Å². The Morgan fingerprint density at radius 2 is 1.96 bits per heavy atom. The van der Waals surface area contributed by atoms with E-state index in [1.54, 1.807) is 16.2 Å². The number of benzene rings is 1. The van der Waals surface area contributed by atoms with Gasteiger partial charge in [0.05, 0.1) is 31.1 Å². The summed E-state index contributed by atoms with van der Waals surface area (Å²) in [6.07, 6.45) is 1.59. The van der Waals surface area contributed by atoms with Crippen molar-refractivity contribution in [2.45, 2.75) is 25.9 Å². The van der Waals surface area contributed by atoms with Crippen molar-refractivity contribution in [1.29, 1.82) is 0 Å². The molecule has 4 rings (SSSR count). The number of hydrogen-bond donors (Lipinski definition) is 1. The molecule has 2 saturated heterocycles. The van der Waals surface area contributed by atoms with Crippen molar-refractivity contribution >= 4 is 23.2 Å². The number of hydrogen-bond acceptors (Lipinski definition) is 3. The first kappa shape index (κ1) is 18.2. The standard InChI is InChI=1S/C21H25N3O2S/c25-20-7-2-8-24(20)15-17-4-1-5-18(14-17)21(26)23-11-9-22(10-12-23)16-19-6-3-13-27-19/h1,3-6,13-14H,2,7-12,15-16H2/p+1. The molecule has 2 aliphatic rings. The summed E-state index contributed by atoms with van der Waals surface area (Å²) < 4.78 is 0. The topological polar surface area (TPSA) is 45.1 Å². The molecule has 2 fully saturated rings. The molecule has 5 nitrogen and oxygen atoms in total. The van der Waals surface area contributed by atoms with Crippen molar-refractivity contribution in [2.75, 3.05) is 32.7 Å². The van der Waals surface area contributed by atoms with E-state index >= 15 is 0 Å². The number of thiophene rings is 1. The van der Waals surface area contributed by atoms with Crippen LogP contribution in [0.15, 0.2) is 41.8 Å². The number of nitrogens with one attached hydrogen (secondary N) is 1. The Morgan fingerprint density at radius 3 is 2.67 bits per heavy atom. The van der Waals surface area contributed by atoms with Crippen LogP contribution >= 0.6 is 11.3 Å². The van der Waals surface area contributed by atoms with Crippen LogP contribution in [0.3, 0.4) is 0 Å². The Hall–Kier alpha value is -2.18. The number of carbonyl (C=O) groups is 2. The largest absolute Gasteiger partial charge is 0.338 e. The third kappa shape index (κ3) is 4.39. The maximum atomic E-state index is 12.9. The van der Waals surface area contributed by atoms with Crippen molar-refractivity contribution in [3.63, 3.8) is 0 Å². The number of rotatable bonds is 5. The molecule has 1 aromatic carbocycles. The SMILES string of the molecule is O=C1CCCN1Cc1cccc(C(=O)N2CC[NH+](Cc3cccs3)CC2)c1. The Kier molecular flexibility index (Phi) is 5.55. The zero-order valence-corrected chi connectivity index (χ0v) is 16.3. The van der Waals surface area contributed by atoms with Gasteiger partial charge in [-0.3, -0.25) is 9.59 Å². The van der Waals surface area contributed by atoms with Gasteiger partial charge in [-0.25, -0.2) is 0 Å². The summed E-state index contributed by atoms with van der Waals surface area (Å²) in [6, 6.07) is 12.1. The van der Waals surface area contributed by atoms with Crippen LogP contribution in [0.1, 0.15) is 33.6 Å². The van der Waals surface area contributed by atoms with Gasteiger partial charge in [-0.05, 0) is 35.6 Å². The van der Waals surface area contributed by atoms with Gasteiger partial charge in [0.1, 0.15) is 6.54 Å². The number of nitrogens with zero attached hydrogens (tertiary/aromatic N) is 2. The molecule has 0 spiro atoms. The van der Waals surface area contributed by atoms with Crippen molar-refractivity contribution in [2.24, 2.45) is 0 Å². The predicted octanol–water partition coefficient (Wildman–Crippen LogP) is 1.41. The van der Waals surface area contributed by atoms with E-state index in [-0.39, 0.29) is 11.8 Å². The molecule has 0 radical (unpaired) electrons. The van der Waals surface area contributed by atoms with Crippen LogP contribution in [-0.2, 0) is 17.9 Å². The number of quaternary nitrogens is 1. The molecular weight excluding hydrogens is 358 g/mol. The minimum Gasteiger partial charge on any atom is -0.338 e. The zero-order chi connectivity index (χ0) is 18.6. The minimum atomic E-state index is 0.111. The van der Waals surface area contributed by atoms with Crippen LogP contribution in [0.25, 0.3) is 0 Å². The summed E-state index contributed by atoms with van der Waals surface area (Å²) in [5, 5.41) is 2.12. The van der Waals surface area contributed by atoms with Crippen molar-refractivity contribution in [3.8, 4) is 0 Å². The van der Waals surface area contributed by atoms with E-state index in [9.17, 15) is 9.59 Å². The second kappa shape index (κ2) is 8.23. The second-order valence-electron chi connectivity index (χ2n) is 7.42. The fourth-order valence-electron chi connectivity index (χ4n) is 3.94. The fourth-order valence-corrected chi connectivity index (χ4v) is 4.72. The van der Waals surface area contributed by atoms with Gasteiger partial charge in [0.25, 0.3) is 5.91 Å². The molecule has 1 aromatic heterocycles. The molecule has 6 heteroatoms. The molecule has 2 amide bonds. The van der Waals surface area contributed by atoms with Gasteiger partial charge in [0, 0.05) is 25.1 Å². The maximum Gasteiger partial charge on any atom is 0.254 e. The van der Waals surface area contributed by atoms with Crippen molar-refractivity contribution in [1.82, 2.24) is 9.80 Å². The third-order valence-corrected chi connectivity index (χ3v) is 6.36. The van der Waals surface area contributed by atoms with E-state index in [4.69, 9.17) is 0 Å². The lowest BCUT2D eigenvalue weighted by Crippen LogP contribution is -3.13. The summed E-state index contributed by atoms with van der Waals surface area (Å²) >= 11 is 1.81. The summed E-state index contributed by atoms with van der Waals surface area (Å²) in [7, 11) is 0. The highest BCUT2D eigenvalue weighted by molar-refractivity contribution is 7.09. The number of carbonyl (C=O) groups excluding carboxylic acids is 2. The Bertz CT molecular complexity index is 798. The predicted molar refractivity (Wildman–Crippen MR) is 106 cm³/mol. The van der Waals surface area contributed by atoms with Gasteiger partial charge in [0.15, 0.2) is 0 Å². The molecule has 0 unspecified atom stereocenters. The van der Waals surface area contributed by atoms with Crippen LogP contribution in [0.4, 0.5) is 0 Å². The van der Waals surface area contributed by atoms with E-state index in [1.165, 1.54) is 4.88 Å². The van der Waals surface area contributed by atoms with E-state index < -0.39 is 0 Å². The molecule has 27 heavy (non-hydrogen) atoms. The number of amides is 2. The Morgan fingerprint density at radius 1 is 1.11 bits per heavy atom. The molecular formula is C21H26N3O2S+. The molecule has 142 valence electrons. The molecule has 1 N–H and O–H groups in total. The highest BCUT2D eigenvalue weighted by Crippen LogP contribution is 2.16. The van der Waals surface area contributed by atoms with E-state index in [2.05, 4.69) is 17.5 Å². The first-order valence-corrected chi connectivity index (χ1v) is 10.6. The highest BCUT2D eigenvalue weighted by atomic mass is 32.1. The summed E-state index contributed by atoms with van der Waals surface area (Å²) in [5.41, 5.74) is 1.78. The summed E-state index contributed by atoms with van der Waals surface area (Å²) in [5.74, 6) is 0.330. The normalized spacial score (nSPS) is 18.3. The molecule has 3 heterocycles. The summed E-state index contributed by atoms with van der Waals surface area (Å²) in [4.78, 5) is 31.6.